The highest BCUT2D eigenvalue weighted by molar-refractivity contribution is 5.95. The molecule has 0 fully saturated rings. The van der Waals surface area contributed by atoms with E-state index in [1.807, 2.05) is 30.3 Å². The third kappa shape index (κ3) is 4.51. The SMILES string of the molecule is CC1=C(C(=O)OC(C)C)[C@@H](c2cn(-c3ccccc3)nc2-c2cccc([N+](=O)[O-])c2)NC(=O)N1. The van der Waals surface area contributed by atoms with Gasteiger partial charge in [-0.3, -0.25) is 10.1 Å². The minimum Gasteiger partial charge on any atom is -0.459 e. The van der Waals surface area contributed by atoms with Crippen molar-refractivity contribution < 1.29 is 19.2 Å². The lowest BCUT2D eigenvalue weighted by Gasteiger charge is -2.28. The summed E-state index contributed by atoms with van der Waals surface area (Å²) in [5.74, 6) is -0.581. The first-order chi connectivity index (χ1) is 16.2. The van der Waals surface area contributed by atoms with Crippen LogP contribution in [0.3, 0.4) is 0 Å². The van der Waals surface area contributed by atoms with Gasteiger partial charge in [-0.1, -0.05) is 30.3 Å². The molecule has 4 rings (SSSR count). The zero-order chi connectivity index (χ0) is 24.4. The van der Waals surface area contributed by atoms with E-state index in [2.05, 4.69) is 15.7 Å². The van der Waals surface area contributed by atoms with Crippen molar-refractivity contribution in [2.45, 2.75) is 32.9 Å². The van der Waals surface area contributed by atoms with Crippen LogP contribution in [0.5, 0.6) is 0 Å². The van der Waals surface area contributed by atoms with Crippen molar-refractivity contribution in [2.24, 2.45) is 0 Å². The molecule has 0 radical (unpaired) electrons. The molecule has 2 aromatic carbocycles. The van der Waals surface area contributed by atoms with E-state index in [0.717, 1.165) is 5.69 Å². The molecule has 3 aromatic rings. The summed E-state index contributed by atoms with van der Waals surface area (Å²) in [6, 6.07) is 14.0. The van der Waals surface area contributed by atoms with Crippen molar-refractivity contribution in [1.29, 1.82) is 0 Å². The van der Waals surface area contributed by atoms with Crippen LogP contribution in [0.1, 0.15) is 32.4 Å². The number of nitro benzene ring substituents is 1. The molecule has 0 bridgehead atoms. The topological polar surface area (TPSA) is 128 Å². The van der Waals surface area contributed by atoms with Crippen LogP contribution in [-0.2, 0) is 9.53 Å². The zero-order valence-corrected chi connectivity index (χ0v) is 18.8. The number of urea groups is 1. The molecule has 1 aliphatic rings. The second-order valence-electron chi connectivity index (χ2n) is 8.04. The molecule has 1 aromatic heterocycles. The van der Waals surface area contributed by atoms with Gasteiger partial charge in [0.2, 0.25) is 0 Å². The summed E-state index contributed by atoms with van der Waals surface area (Å²) in [7, 11) is 0. The Morgan fingerprint density at radius 3 is 2.59 bits per heavy atom. The van der Waals surface area contributed by atoms with E-state index in [0.29, 0.717) is 22.5 Å². The molecule has 2 N–H and O–H groups in total. The number of carbonyl (C=O) groups excluding carboxylic acids is 2. The van der Waals surface area contributed by atoms with Gasteiger partial charge in [0, 0.05) is 35.2 Å². The van der Waals surface area contributed by atoms with Crippen LogP contribution in [0.2, 0.25) is 0 Å². The van der Waals surface area contributed by atoms with Gasteiger partial charge in [-0.05, 0) is 32.9 Å². The summed E-state index contributed by atoms with van der Waals surface area (Å²) in [4.78, 5) is 36.3. The van der Waals surface area contributed by atoms with Crippen LogP contribution in [0.15, 0.2) is 72.1 Å². The summed E-state index contributed by atoms with van der Waals surface area (Å²) in [6.07, 6.45) is 1.34. The normalized spacial score (nSPS) is 15.6. The fraction of sp³-hybridized carbons (Fsp3) is 0.208. The van der Waals surface area contributed by atoms with Crippen molar-refractivity contribution in [3.63, 3.8) is 0 Å². The van der Waals surface area contributed by atoms with Crippen LogP contribution in [-0.4, -0.2) is 32.8 Å². The molecule has 0 aliphatic carbocycles. The molecule has 1 aliphatic heterocycles. The zero-order valence-electron chi connectivity index (χ0n) is 18.8. The number of nitrogens with zero attached hydrogens (tertiary/aromatic N) is 3. The number of nitrogens with one attached hydrogen (secondary N) is 2. The molecule has 174 valence electrons. The number of rotatable bonds is 6. The number of carbonyl (C=O) groups is 2. The van der Waals surface area contributed by atoms with Gasteiger partial charge in [-0.15, -0.1) is 0 Å². The maximum Gasteiger partial charge on any atom is 0.338 e. The monoisotopic (exact) mass is 461 g/mol. The average Bonchev–Trinajstić information content (AvgIpc) is 3.24. The third-order valence-electron chi connectivity index (χ3n) is 5.24. The van der Waals surface area contributed by atoms with Gasteiger partial charge in [0.15, 0.2) is 0 Å². The number of ether oxygens (including phenoxy) is 1. The van der Waals surface area contributed by atoms with Gasteiger partial charge in [0.05, 0.1) is 34.0 Å². The number of benzene rings is 2. The van der Waals surface area contributed by atoms with E-state index < -0.39 is 23.0 Å². The molecule has 2 heterocycles. The summed E-state index contributed by atoms with van der Waals surface area (Å²) in [6.45, 7) is 5.09. The molecule has 2 amide bonds. The van der Waals surface area contributed by atoms with Gasteiger partial charge >= 0.3 is 12.0 Å². The van der Waals surface area contributed by atoms with E-state index >= 15 is 0 Å². The summed E-state index contributed by atoms with van der Waals surface area (Å²) < 4.78 is 7.04. The fourth-order valence-electron chi connectivity index (χ4n) is 3.78. The first kappa shape index (κ1) is 22.7. The summed E-state index contributed by atoms with van der Waals surface area (Å²) >= 11 is 0. The van der Waals surface area contributed by atoms with Crippen LogP contribution < -0.4 is 10.6 Å². The maximum absolute atomic E-state index is 13.0. The minimum atomic E-state index is -0.883. The fourth-order valence-corrected chi connectivity index (χ4v) is 3.78. The Morgan fingerprint density at radius 1 is 1.18 bits per heavy atom. The first-order valence-electron chi connectivity index (χ1n) is 10.6. The Kier molecular flexibility index (Phi) is 6.13. The van der Waals surface area contributed by atoms with E-state index in [1.165, 1.54) is 12.1 Å². The standard InChI is InChI=1S/C24H23N5O5/c1-14(2)34-23(30)20-15(3)25-24(31)26-22(20)19-13-28(17-9-5-4-6-10-17)27-21(19)16-8-7-11-18(12-16)29(32)33/h4-14,22H,1-3H3,(H2,25,26,31)/t22-/m1/s1. The van der Waals surface area contributed by atoms with Gasteiger partial charge in [-0.2, -0.15) is 5.10 Å². The number of hydrogen-bond donors (Lipinski definition) is 2. The third-order valence-corrected chi connectivity index (χ3v) is 5.24. The molecule has 0 saturated carbocycles. The second kappa shape index (κ2) is 9.18. The largest absolute Gasteiger partial charge is 0.459 e. The highest BCUT2D eigenvalue weighted by Crippen LogP contribution is 2.36. The number of esters is 1. The molecule has 10 heteroatoms. The van der Waals surface area contributed by atoms with Gasteiger partial charge in [-0.25, -0.2) is 14.3 Å². The molecule has 10 nitrogen and oxygen atoms in total. The molecule has 0 spiro atoms. The van der Waals surface area contributed by atoms with Gasteiger partial charge in [0.25, 0.3) is 5.69 Å². The predicted octanol–water partition coefficient (Wildman–Crippen LogP) is 4.03. The maximum atomic E-state index is 13.0. The smallest absolute Gasteiger partial charge is 0.338 e. The lowest BCUT2D eigenvalue weighted by molar-refractivity contribution is -0.384. The molecule has 1 atom stereocenters. The number of hydrogen-bond acceptors (Lipinski definition) is 6. The number of non-ortho nitro benzene ring substituents is 1. The van der Waals surface area contributed by atoms with Crippen molar-refractivity contribution >= 4 is 17.7 Å². The van der Waals surface area contributed by atoms with Crippen molar-refractivity contribution in [2.75, 3.05) is 0 Å². The minimum absolute atomic E-state index is 0.0989. The number of nitro groups is 1. The van der Waals surface area contributed by atoms with Gasteiger partial charge < -0.3 is 15.4 Å². The number of para-hydroxylation sites is 1. The molecule has 0 saturated heterocycles. The summed E-state index contributed by atoms with van der Waals surface area (Å²) in [5, 5.41) is 21.5. The highest BCUT2D eigenvalue weighted by Gasteiger charge is 2.35. The van der Waals surface area contributed by atoms with Crippen LogP contribution in [0, 0.1) is 10.1 Å². The van der Waals surface area contributed by atoms with Crippen molar-refractivity contribution in [3.05, 3.63) is 87.7 Å². The quantitative estimate of drug-likeness (QED) is 0.324. The second-order valence-corrected chi connectivity index (χ2v) is 8.04. The Bertz CT molecular complexity index is 1300. The lowest BCUT2D eigenvalue weighted by atomic mass is 9.93. The van der Waals surface area contributed by atoms with E-state index in [-0.39, 0.29) is 17.4 Å². The van der Waals surface area contributed by atoms with Crippen LogP contribution in [0.25, 0.3) is 16.9 Å². The number of allylic oxidation sites excluding steroid dienone is 1. The van der Waals surface area contributed by atoms with Crippen molar-refractivity contribution in [1.82, 2.24) is 20.4 Å². The molecule has 34 heavy (non-hydrogen) atoms. The van der Waals surface area contributed by atoms with Crippen LogP contribution >= 0.6 is 0 Å². The Hall–Kier alpha value is -4.47. The number of aromatic nitrogens is 2. The van der Waals surface area contributed by atoms with E-state index in [1.54, 1.807) is 43.8 Å². The van der Waals surface area contributed by atoms with E-state index in [9.17, 15) is 19.7 Å². The average molecular weight is 461 g/mol. The first-order valence-corrected chi connectivity index (χ1v) is 10.6. The Balaban J connectivity index is 1.92. The number of amides is 2. The lowest BCUT2D eigenvalue weighted by Crippen LogP contribution is -2.45. The van der Waals surface area contributed by atoms with Crippen molar-refractivity contribution in [3.8, 4) is 16.9 Å². The highest BCUT2D eigenvalue weighted by atomic mass is 16.6. The Morgan fingerprint density at radius 2 is 1.91 bits per heavy atom. The predicted molar refractivity (Wildman–Crippen MR) is 124 cm³/mol. The molecule has 0 unspecified atom stereocenters. The summed E-state index contributed by atoms with van der Waals surface area (Å²) in [5.41, 5.74) is 2.59. The molecular weight excluding hydrogens is 438 g/mol. The van der Waals surface area contributed by atoms with Crippen LogP contribution in [0.4, 0.5) is 10.5 Å². The van der Waals surface area contributed by atoms with Gasteiger partial charge in [0.1, 0.15) is 0 Å². The Labute approximate surface area is 195 Å². The van der Waals surface area contributed by atoms with E-state index in [4.69, 9.17) is 4.74 Å². The molecular formula is C24H23N5O5.